The number of amides is 5. The van der Waals surface area contributed by atoms with E-state index < -0.39 is 72.0 Å². The third-order valence-corrected chi connectivity index (χ3v) is 6.03. The van der Waals surface area contributed by atoms with E-state index in [1.807, 2.05) is 18.2 Å². The van der Waals surface area contributed by atoms with Gasteiger partial charge in [-0.15, -0.1) is 0 Å². The first kappa shape index (κ1) is 30.8. The molecule has 1 aromatic heterocycles. The van der Waals surface area contributed by atoms with Gasteiger partial charge >= 0.3 is 5.97 Å². The number of H-pyrrole nitrogens is 1. The third kappa shape index (κ3) is 9.10. The molecule has 11 N–H and O–H groups in total. The molecule has 0 radical (unpaired) electrons. The van der Waals surface area contributed by atoms with E-state index in [9.17, 15) is 33.9 Å². The van der Waals surface area contributed by atoms with Crippen molar-refractivity contribution in [3.05, 3.63) is 36.0 Å². The summed E-state index contributed by atoms with van der Waals surface area (Å²) in [5.74, 6) is -5.74. The van der Waals surface area contributed by atoms with E-state index in [-0.39, 0.29) is 19.3 Å². The van der Waals surface area contributed by atoms with E-state index in [1.165, 1.54) is 0 Å². The maximum absolute atomic E-state index is 13.3. The number of hydrogen-bond acceptors (Lipinski definition) is 7. The van der Waals surface area contributed by atoms with Gasteiger partial charge in [0.05, 0.1) is 12.5 Å². The molecule has 0 aliphatic rings. The first-order valence-corrected chi connectivity index (χ1v) is 12.3. The molecule has 0 aliphatic carbocycles. The third-order valence-electron chi connectivity index (χ3n) is 6.03. The summed E-state index contributed by atoms with van der Waals surface area (Å²) in [5, 5.41) is 17.7. The standard InChI is InChI=1S/C25H35N7O7/c1-12(2)21(25(38)39)32-24(37)18(9-13-11-29-16-6-4-3-5-14(13)16)31-23(36)17(7-8-19(27)33)30-22(35)15(26)10-20(28)34/h3-6,11-12,15,17-18,21,29H,7-10,26H2,1-2H3,(H2,27,33)(H2,28,34)(H,30,35)(H,31,36)(H,32,37)(H,38,39). The van der Waals surface area contributed by atoms with Gasteiger partial charge in [-0.05, 0) is 24.0 Å². The first-order valence-electron chi connectivity index (χ1n) is 12.3. The molecule has 4 unspecified atom stereocenters. The summed E-state index contributed by atoms with van der Waals surface area (Å²) in [5.41, 5.74) is 17.4. The number of para-hydroxylation sites is 1. The van der Waals surface area contributed by atoms with Gasteiger partial charge in [-0.1, -0.05) is 32.0 Å². The number of nitrogens with one attached hydrogen (secondary N) is 4. The van der Waals surface area contributed by atoms with Crippen molar-refractivity contribution in [3.63, 3.8) is 0 Å². The minimum Gasteiger partial charge on any atom is -0.480 e. The molecule has 14 nitrogen and oxygen atoms in total. The Morgan fingerprint density at radius 2 is 1.51 bits per heavy atom. The molecule has 0 aliphatic heterocycles. The van der Waals surface area contributed by atoms with E-state index in [0.29, 0.717) is 5.56 Å². The number of aromatic amines is 1. The molecule has 2 rings (SSSR count). The fourth-order valence-electron chi connectivity index (χ4n) is 3.91. The number of nitrogens with two attached hydrogens (primary N) is 3. The number of benzene rings is 1. The maximum Gasteiger partial charge on any atom is 0.326 e. The lowest BCUT2D eigenvalue weighted by Gasteiger charge is -2.26. The predicted molar refractivity (Wildman–Crippen MR) is 140 cm³/mol. The Hall–Kier alpha value is -4.46. The molecule has 1 aromatic carbocycles. The molecule has 14 heteroatoms. The topological polar surface area (TPSA) is 253 Å². The predicted octanol–water partition coefficient (Wildman–Crippen LogP) is -1.63. The van der Waals surface area contributed by atoms with E-state index in [0.717, 1.165) is 10.9 Å². The van der Waals surface area contributed by atoms with E-state index in [1.54, 1.807) is 26.1 Å². The second kappa shape index (κ2) is 13.9. The van der Waals surface area contributed by atoms with Crippen LogP contribution in [0.5, 0.6) is 0 Å². The fraction of sp³-hybridized carbons (Fsp3) is 0.440. The van der Waals surface area contributed by atoms with Gasteiger partial charge in [-0.25, -0.2) is 4.79 Å². The van der Waals surface area contributed by atoms with Crippen LogP contribution in [0.1, 0.15) is 38.7 Å². The largest absolute Gasteiger partial charge is 0.480 e. The quantitative estimate of drug-likeness (QED) is 0.129. The summed E-state index contributed by atoms with van der Waals surface area (Å²) in [6.45, 7) is 3.24. The van der Waals surface area contributed by atoms with Crippen LogP contribution in [0.3, 0.4) is 0 Å². The lowest BCUT2D eigenvalue weighted by molar-refractivity contribution is -0.143. The smallest absolute Gasteiger partial charge is 0.326 e. The highest BCUT2D eigenvalue weighted by molar-refractivity contribution is 5.96. The Morgan fingerprint density at radius 1 is 0.897 bits per heavy atom. The van der Waals surface area contributed by atoms with Gasteiger partial charge in [0.25, 0.3) is 0 Å². The highest BCUT2D eigenvalue weighted by atomic mass is 16.4. The Bertz CT molecular complexity index is 1230. The van der Waals surface area contributed by atoms with Crippen molar-refractivity contribution in [2.24, 2.45) is 23.1 Å². The van der Waals surface area contributed by atoms with Crippen LogP contribution in [0.4, 0.5) is 0 Å². The second-order valence-electron chi connectivity index (χ2n) is 9.54. The first-order chi connectivity index (χ1) is 18.3. The molecule has 0 bridgehead atoms. The van der Waals surface area contributed by atoms with Crippen molar-refractivity contribution < 1.29 is 33.9 Å². The number of carbonyl (C=O) groups is 6. The molecule has 0 saturated carbocycles. The Kier molecular flexibility index (Phi) is 11.0. The fourth-order valence-corrected chi connectivity index (χ4v) is 3.91. The van der Waals surface area contributed by atoms with Gasteiger partial charge in [0.15, 0.2) is 0 Å². The van der Waals surface area contributed by atoms with E-state index in [2.05, 4.69) is 20.9 Å². The Morgan fingerprint density at radius 3 is 2.10 bits per heavy atom. The van der Waals surface area contributed by atoms with Crippen LogP contribution >= 0.6 is 0 Å². The lowest BCUT2D eigenvalue weighted by Crippen LogP contribution is -2.58. The number of fused-ring (bicyclic) bond motifs is 1. The van der Waals surface area contributed by atoms with Crippen molar-refractivity contribution in [3.8, 4) is 0 Å². The molecule has 212 valence electrons. The summed E-state index contributed by atoms with van der Waals surface area (Å²) >= 11 is 0. The number of carboxylic acids is 1. The van der Waals surface area contributed by atoms with Gasteiger partial charge in [-0.3, -0.25) is 24.0 Å². The average Bonchev–Trinajstić information content (AvgIpc) is 3.26. The normalized spacial score (nSPS) is 14.2. The SMILES string of the molecule is CC(C)C(NC(=O)C(Cc1c[nH]c2ccccc12)NC(=O)C(CCC(N)=O)NC(=O)C(N)CC(N)=O)C(=O)O. The molecule has 0 saturated heterocycles. The van der Waals surface area contributed by atoms with Gasteiger partial charge in [-0.2, -0.15) is 0 Å². The van der Waals surface area contributed by atoms with Crippen molar-refractivity contribution in [1.29, 1.82) is 0 Å². The molecule has 0 fully saturated rings. The molecular weight excluding hydrogens is 510 g/mol. The van der Waals surface area contributed by atoms with E-state index >= 15 is 0 Å². The molecular formula is C25H35N7O7. The minimum absolute atomic E-state index is 0.0241. The molecule has 2 aromatic rings. The van der Waals surface area contributed by atoms with Crippen LogP contribution < -0.4 is 33.2 Å². The highest BCUT2D eigenvalue weighted by Gasteiger charge is 2.32. The van der Waals surface area contributed by atoms with E-state index in [4.69, 9.17) is 17.2 Å². The van der Waals surface area contributed by atoms with Crippen molar-refractivity contribution >= 4 is 46.4 Å². The van der Waals surface area contributed by atoms with Crippen LogP contribution in [-0.2, 0) is 35.2 Å². The summed E-state index contributed by atoms with van der Waals surface area (Å²) in [6, 6.07) is 2.10. The molecule has 5 amide bonds. The Balaban J connectivity index is 2.34. The number of aromatic nitrogens is 1. The monoisotopic (exact) mass is 545 g/mol. The second-order valence-corrected chi connectivity index (χ2v) is 9.54. The van der Waals surface area contributed by atoms with Gasteiger partial charge in [0, 0.05) is 29.9 Å². The summed E-state index contributed by atoms with van der Waals surface area (Å²) in [4.78, 5) is 76.3. The zero-order valence-corrected chi connectivity index (χ0v) is 21.7. The summed E-state index contributed by atoms with van der Waals surface area (Å²) < 4.78 is 0. The van der Waals surface area contributed by atoms with Crippen molar-refractivity contribution in [1.82, 2.24) is 20.9 Å². The number of hydrogen-bond donors (Lipinski definition) is 8. The number of primary amides is 2. The number of rotatable bonds is 15. The highest BCUT2D eigenvalue weighted by Crippen LogP contribution is 2.19. The zero-order chi connectivity index (χ0) is 29.3. The Labute approximate surface area is 224 Å². The number of carboxylic acid groups (broad SMARTS) is 1. The molecule has 0 spiro atoms. The molecule has 1 heterocycles. The zero-order valence-electron chi connectivity index (χ0n) is 21.7. The molecule has 39 heavy (non-hydrogen) atoms. The van der Waals surface area contributed by atoms with Crippen molar-refractivity contribution in [2.45, 2.75) is 63.7 Å². The van der Waals surface area contributed by atoms with Crippen LogP contribution in [0, 0.1) is 5.92 Å². The molecule has 4 atom stereocenters. The van der Waals surface area contributed by atoms with Crippen LogP contribution in [0.15, 0.2) is 30.5 Å². The maximum atomic E-state index is 13.3. The van der Waals surface area contributed by atoms with Gasteiger partial charge < -0.3 is 43.2 Å². The van der Waals surface area contributed by atoms with Gasteiger partial charge in [0.2, 0.25) is 29.5 Å². The average molecular weight is 546 g/mol. The van der Waals surface area contributed by atoms with Gasteiger partial charge in [0.1, 0.15) is 18.1 Å². The number of carbonyl (C=O) groups excluding carboxylic acids is 5. The van der Waals surface area contributed by atoms with Crippen LogP contribution in [0.2, 0.25) is 0 Å². The summed E-state index contributed by atoms with van der Waals surface area (Å²) in [6.07, 6.45) is 0.666. The lowest BCUT2D eigenvalue weighted by atomic mass is 10.0. The van der Waals surface area contributed by atoms with Crippen molar-refractivity contribution in [2.75, 3.05) is 0 Å². The minimum atomic E-state index is -1.35. The van der Waals surface area contributed by atoms with Crippen LogP contribution in [0.25, 0.3) is 10.9 Å². The summed E-state index contributed by atoms with van der Waals surface area (Å²) in [7, 11) is 0. The number of aliphatic carboxylic acids is 1. The van der Waals surface area contributed by atoms with Crippen LogP contribution in [-0.4, -0.2) is 69.8 Å².